The second-order valence-corrected chi connectivity index (χ2v) is 5.78. The van der Waals surface area contributed by atoms with E-state index in [1.165, 1.54) is 4.31 Å². The molecule has 0 aliphatic heterocycles. The van der Waals surface area contributed by atoms with Crippen molar-refractivity contribution in [2.24, 2.45) is 0 Å². The van der Waals surface area contributed by atoms with Crippen molar-refractivity contribution in [3.63, 3.8) is 0 Å². The normalized spacial score (nSPS) is 12.3. The minimum Gasteiger partial charge on any atom is -0.465 e. The van der Waals surface area contributed by atoms with Gasteiger partial charge < -0.3 is 4.42 Å². The third-order valence-electron chi connectivity index (χ3n) is 2.11. The number of hydrogen-bond acceptors (Lipinski definition) is 3. The van der Waals surface area contributed by atoms with Crippen LogP contribution in [0.5, 0.6) is 0 Å². The molecule has 0 radical (unpaired) electrons. The Labute approximate surface area is 90.9 Å². The van der Waals surface area contributed by atoms with Crippen molar-refractivity contribution >= 4 is 10.0 Å². The lowest BCUT2D eigenvalue weighted by atomic mass is 10.4. The van der Waals surface area contributed by atoms with E-state index in [0.717, 1.165) is 5.76 Å². The Balaban J connectivity index is 2.67. The van der Waals surface area contributed by atoms with Crippen LogP contribution in [-0.2, 0) is 16.6 Å². The summed E-state index contributed by atoms with van der Waals surface area (Å²) < 4.78 is 29.9. The molecule has 0 bridgehead atoms. The van der Waals surface area contributed by atoms with Crippen LogP contribution in [-0.4, -0.2) is 25.5 Å². The summed E-state index contributed by atoms with van der Waals surface area (Å²) in [5.74, 6) is 1.66. The molecule has 0 N–H and O–H groups in total. The monoisotopic (exact) mass is 231 g/mol. The summed E-state index contributed by atoms with van der Waals surface area (Å²) in [5, 5.41) is 0. The molecule has 0 atom stereocenters. The highest BCUT2D eigenvalue weighted by molar-refractivity contribution is 7.89. The summed E-state index contributed by atoms with van der Waals surface area (Å²) in [4.78, 5) is 0. The largest absolute Gasteiger partial charge is 0.465 e. The Hall–Kier alpha value is -0.810. The van der Waals surface area contributed by atoms with Gasteiger partial charge in [0.1, 0.15) is 11.5 Å². The molecule has 86 valence electrons. The molecule has 0 aliphatic rings. The summed E-state index contributed by atoms with van der Waals surface area (Å²) in [6, 6.07) is 3.63. The summed E-state index contributed by atoms with van der Waals surface area (Å²) in [7, 11) is -1.55. The van der Waals surface area contributed by atoms with Crippen LogP contribution in [0.4, 0.5) is 0 Å². The third-order valence-corrected chi connectivity index (χ3v) is 4.11. The van der Waals surface area contributed by atoms with Gasteiger partial charge in [-0.05, 0) is 25.5 Å². The Bertz CT molecular complexity index is 408. The van der Waals surface area contributed by atoms with Crippen LogP contribution in [0, 0.1) is 6.92 Å². The van der Waals surface area contributed by atoms with Crippen molar-refractivity contribution in [1.82, 2.24) is 4.31 Å². The molecule has 0 fully saturated rings. The van der Waals surface area contributed by atoms with E-state index in [0.29, 0.717) is 18.7 Å². The first-order valence-corrected chi connectivity index (χ1v) is 6.56. The maximum atomic E-state index is 11.6. The van der Waals surface area contributed by atoms with E-state index in [4.69, 9.17) is 4.42 Å². The van der Waals surface area contributed by atoms with Gasteiger partial charge in [-0.15, -0.1) is 0 Å². The first-order valence-electron chi connectivity index (χ1n) is 4.95. The number of furan rings is 1. The molecule has 15 heavy (non-hydrogen) atoms. The van der Waals surface area contributed by atoms with Gasteiger partial charge in [0.2, 0.25) is 10.0 Å². The van der Waals surface area contributed by atoms with Crippen molar-refractivity contribution in [2.45, 2.75) is 26.8 Å². The quantitative estimate of drug-likeness (QED) is 0.776. The van der Waals surface area contributed by atoms with E-state index in [9.17, 15) is 8.42 Å². The molecule has 1 aromatic heterocycles. The Morgan fingerprint density at radius 1 is 1.40 bits per heavy atom. The van der Waals surface area contributed by atoms with Gasteiger partial charge >= 0.3 is 0 Å². The minimum absolute atomic E-state index is 0.184. The van der Waals surface area contributed by atoms with E-state index >= 15 is 0 Å². The van der Waals surface area contributed by atoms with Crippen LogP contribution in [0.2, 0.25) is 0 Å². The standard InChI is InChI=1S/C10H17NO3S/c1-4-7-15(12,13)11(3)8-10-6-5-9(2)14-10/h5-6H,4,7-8H2,1-3H3. The molecule has 1 aromatic rings. The van der Waals surface area contributed by atoms with Crippen molar-refractivity contribution in [3.05, 3.63) is 23.7 Å². The predicted molar refractivity (Wildman–Crippen MR) is 59.0 cm³/mol. The van der Waals surface area contributed by atoms with Gasteiger partial charge in [-0.3, -0.25) is 0 Å². The number of sulfonamides is 1. The van der Waals surface area contributed by atoms with Gasteiger partial charge in [-0.1, -0.05) is 6.92 Å². The maximum Gasteiger partial charge on any atom is 0.214 e. The molecular formula is C10H17NO3S. The number of nitrogens with zero attached hydrogens (tertiary/aromatic N) is 1. The predicted octanol–water partition coefficient (Wildman–Crippen LogP) is 1.76. The molecule has 5 heteroatoms. The van der Waals surface area contributed by atoms with Crippen LogP contribution < -0.4 is 0 Å². The Kier molecular flexibility index (Phi) is 3.93. The third kappa shape index (κ3) is 3.35. The molecular weight excluding hydrogens is 214 g/mol. The highest BCUT2D eigenvalue weighted by atomic mass is 32.2. The lowest BCUT2D eigenvalue weighted by Gasteiger charge is -2.14. The first-order chi connectivity index (χ1) is 6.95. The van der Waals surface area contributed by atoms with Crippen molar-refractivity contribution in [3.8, 4) is 0 Å². The summed E-state index contributed by atoms with van der Waals surface area (Å²) in [6.07, 6.45) is 0.629. The summed E-state index contributed by atoms with van der Waals surface area (Å²) >= 11 is 0. The van der Waals surface area contributed by atoms with E-state index in [1.54, 1.807) is 13.1 Å². The van der Waals surface area contributed by atoms with Gasteiger partial charge in [-0.2, -0.15) is 4.31 Å². The zero-order valence-electron chi connectivity index (χ0n) is 9.36. The first kappa shape index (κ1) is 12.3. The maximum absolute atomic E-state index is 11.6. The highest BCUT2D eigenvalue weighted by Crippen LogP contribution is 2.11. The average Bonchev–Trinajstić information content (AvgIpc) is 2.51. The van der Waals surface area contributed by atoms with Crippen LogP contribution in [0.15, 0.2) is 16.5 Å². The van der Waals surface area contributed by atoms with Crippen LogP contribution in [0.3, 0.4) is 0 Å². The molecule has 0 aliphatic carbocycles. The summed E-state index contributed by atoms with van der Waals surface area (Å²) in [5.41, 5.74) is 0. The number of hydrogen-bond donors (Lipinski definition) is 0. The molecule has 0 aromatic carbocycles. The van der Waals surface area contributed by atoms with Crippen molar-refractivity contribution in [1.29, 1.82) is 0 Å². The van der Waals surface area contributed by atoms with Crippen molar-refractivity contribution in [2.75, 3.05) is 12.8 Å². The van der Waals surface area contributed by atoms with E-state index in [-0.39, 0.29) is 5.75 Å². The van der Waals surface area contributed by atoms with Crippen LogP contribution in [0.1, 0.15) is 24.9 Å². The second-order valence-electron chi connectivity index (χ2n) is 3.58. The van der Waals surface area contributed by atoms with Gasteiger partial charge in [-0.25, -0.2) is 8.42 Å². The minimum atomic E-state index is -3.13. The van der Waals surface area contributed by atoms with E-state index in [2.05, 4.69) is 0 Å². The zero-order valence-corrected chi connectivity index (χ0v) is 10.2. The molecule has 0 saturated carbocycles. The molecule has 1 rings (SSSR count). The topological polar surface area (TPSA) is 50.5 Å². The number of rotatable bonds is 5. The van der Waals surface area contributed by atoms with Gasteiger partial charge in [0, 0.05) is 7.05 Å². The van der Waals surface area contributed by atoms with Gasteiger partial charge in [0.05, 0.1) is 12.3 Å². The van der Waals surface area contributed by atoms with Gasteiger partial charge in [0.25, 0.3) is 0 Å². The molecule has 4 nitrogen and oxygen atoms in total. The van der Waals surface area contributed by atoms with E-state index in [1.807, 2.05) is 19.9 Å². The molecule has 0 amide bonds. The molecule has 1 heterocycles. The smallest absolute Gasteiger partial charge is 0.214 e. The Morgan fingerprint density at radius 2 is 2.07 bits per heavy atom. The highest BCUT2D eigenvalue weighted by Gasteiger charge is 2.17. The molecule has 0 spiro atoms. The second kappa shape index (κ2) is 4.81. The average molecular weight is 231 g/mol. The van der Waals surface area contributed by atoms with Crippen molar-refractivity contribution < 1.29 is 12.8 Å². The van der Waals surface area contributed by atoms with Crippen LogP contribution in [0.25, 0.3) is 0 Å². The fourth-order valence-electron chi connectivity index (χ4n) is 1.30. The SMILES string of the molecule is CCCS(=O)(=O)N(C)Cc1ccc(C)o1. The lowest BCUT2D eigenvalue weighted by Crippen LogP contribution is -2.28. The Morgan fingerprint density at radius 3 is 2.53 bits per heavy atom. The number of aryl methyl sites for hydroxylation is 1. The fraction of sp³-hybridized carbons (Fsp3) is 0.600. The van der Waals surface area contributed by atoms with Gasteiger partial charge in [0.15, 0.2) is 0 Å². The lowest BCUT2D eigenvalue weighted by molar-refractivity contribution is 0.397. The van der Waals surface area contributed by atoms with E-state index < -0.39 is 10.0 Å². The fourth-order valence-corrected chi connectivity index (χ4v) is 2.45. The van der Waals surface area contributed by atoms with Crippen LogP contribution >= 0.6 is 0 Å². The molecule has 0 saturated heterocycles. The summed E-state index contributed by atoms with van der Waals surface area (Å²) in [6.45, 7) is 3.99. The zero-order chi connectivity index (χ0) is 11.5. The molecule has 0 unspecified atom stereocenters.